The average molecular weight is 492 g/mol. The Morgan fingerprint density at radius 1 is 1.14 bits per heavy atom. The molecule has 0 aliphatic carbocycles. The van der Waals surface area contributed by atoms with Crippen LogP contribution >= 0.6 is 11.3 Å². The molecule has 1 aromatic heterocycles. The predicted molar refractivity (Wildman–Crippen MR) is 139 cm³/mol. The second-order valence-corrected chi connectivity index (χ2v) is 9.66. The van der Waals surface area contributed by atoms with Crippen LogP contribution in [0, 0.1) is 6.92 Å². The normalized spacial score (nSPS) is 17.3. The molecule has 3 aromatic rings. The molecule has 1 saturated heterocycles. The molecule has 4 rings (SSSR count). The highest BCUT2D eigenvalue weighted by atomic mass is 32.1. The fourth-order valence-electron chi connectivity index (χ4n) is 4.43. The number of ketones is 1. The number of Topliss-reactive ketones (excluding diaryl/α,β-unsaturated/α-hetero) is 1. The predicted octanol–water partition coefficient (Wildman–Crippen LogP) is 6.21. The Balaban J connectivity index is 1.93. The number of nitrogens with zero attached hydrogens (tertiary/aromatic N) is 1. The third-order valence-electron chi connectivity index (χ3n) is 6.12. The number of carbonyl (C=O) groups excluding carboxylic acids is 2. The van der Waals surface area contributed by atoms with Crippen molar-refractivity contribution >= 4 is 34.5 Å². The van der Waals surface area contributed by atoms with Crippen molar-refractivity contribution in [1.29, 1.82) is 0 Å². The lowest BCUT2D eigenvalue weighted by Gasteiger charge is -2.25. The lowest BCUT2D eigenvalue weighted by Crippen LogP contribution is -2.29. The van der Waals surface area contributed by atoms with Crippen molar-refractivity contribution in [3.05, 3.63) is 81.1 Å². The molecule has 7 heteroatoms. The van der Waals surface area contributed by atoms with Crippen LogP contribution in [0.25, 0.3) is 5.76 Å². The van der Waals surface area contributed by atoms with E-state index < -0.39 is 17.7 Å². The van der Waals surface area contributed by atoms with E-state index in [9.17, 15) is 14.7 Å². The molecule has 2 heterocycles. The number of rotatable bonds is 7. The van der Waals surface area contributed by atoms with E-state index in [4.69, 9.17) is 9.47 Å². The number of carbonyl (C=O) groups is 2. The van der Waals surface area contributed by atoms with E-state index >= 15 is 0 Å². The molecule has 0 saturated carbocycles. The minimum absolute atomic E-state index is 0.0715. The van der Waals surface area contributed by atoms with Gasteiger partial charge in [-0.05, 0) is 66.6 Å². The Kier molecular flexibility index (Phi) is 6.98. The molecular formula is C28H29NO5S. The summed E-state index contributed by atoms with van der Waals surface area (Å²) in [4.78, 5) is 29.0. The maximum atomic E-state index is 13.4. The van der Waals surface area contributed by atoms with Crippen molar-refractivity contribution in [3.63, 3.8) is 0 Å². The summed E-state index contributed by atoms with van der Waals surface area (Å²) in [5.74, 6) is -0.138. The summed E-state index contributed by atoms with van der Waals surface area (Å²) >= 11 is 1.43. The van der Waals surface area contributed by atoms with Crippen LogP contribution in [0.5, 0.6) is 11.5 Å². The second kappa shape index (κ2) is 9.96. The summed E-state index contributed by atoms with van der Waals surface area (Å²) in [5, 5.41) is 13.4. The largest absolute Gasteiger partial charge is 0.507 e. The smallest absolute Gasteiger partial charge is 0.300 e. The summed E-state index contributed by atoms with van der Waals surface area (Å²) in [6, 6.07) is 13.8. The fourth-order valence-corrected chi connectivity index (χ4v) is 5.25. The topological polar surface area (TPSA) is 76.1 Å². The number of hydrogen-bond donors (Lipinski definition) is 1. The minimum Gasteiger partial charge on any atom is -0.507 e. The van der Waals surface area contributed by atoms with Crippen LogP contribution in [0.1, 0.15) is 54.3 Å². The van der Waals surface area contributed by atoms with Crippen molar-refractivity contribution in [2.75, 3.05) is 18.6 Å². The van der Waals surface area contributed by atoms with Crippen molar-refractivity contribution in [3.8, 4) is 11.5 Å². The molecule has 1 aliphatic rings. The average Bonchev–Trinajstić information content (AvgIpc) is 3.45. The summed E-state index contributed by atoms with van der Waals surface area (Å²) in [5.41, 5.74) is 2.77. The molecule has 1 unspecified atom stereocenters. The van der Waals surface area contributed by atoms with E-state index in [0.717, 1.165) is 21.8 Å². The third-order valence-corrected chi connectivity index (χ3v) is 7.04. The van der Waals surface area contributed by atoms with Crippen LogP contribution < -0.4 is 14.4 Å². The zero-order valence-electron chi connectivity index (χ0n) is 20.5. The van der Waals surface area contributed by atoms with Gasteiger partial charge >= 0.3 is 0 Å². The van der Waals surface area contributed by atoms with Gasteiger partial charge in [-0.3, -0.25) is 14.5 Å². The number of hydrogen-bond acceptors (Lipinski definition) is 6. The van der Waals surface area contributed by atoms with Crippen LogP contribution in [0.2, 0.25) is 0 Å². The number of aliphatic hydroxyl groups is 1. The van der Waals surface area contributed by atoms with Crippen LogP contribution in [-0.2, 0) is 9.59 Å². The van der Waals surface area contributed by atoms with Gasteiger partial charge in [0.15, 0.2) is 0 Å². The van der Waals surface area contributed by atoms with Gasteiger partial charge in [0.05, 0.1) is 19.3 Å². The highest BCUT2D eigenvalue weighted by Crippen LogP contribution is 2.45. The molecular weight excluding hydrogens is 462 g/mol. The van der Waals surface area contributed by atoms with Gasteiger partial charge in [-0.25, -0.2) is 0 Å². The van der Waals surface area contributed by atoms with Gasteiger partial charge in [-0.1, -0.05) is 26.0 Å². The summed E-state index contributed by atoms with van der Waals surface area (Å²) in [7, 11) is 1.61. The second-order valence-electron chi connectivity index (χ2n) is 8.68. The Morgan fingerprint density at radius 2 is 1.91 bits per heavy atom. The van der Waals surface area contributed by atoms with Gasteiger partial charge in [0.1, 0.15) is 23.3 Å². The number of methoxy groups -OCH3 is 1. The molecule has 2 aromatic carbocycles. The summed E-state index contributed by atoms with van der Waals surface area (Å²) in [6.45, 7) is 8.28. The third kappa shape index (κ3) is 4.44. The highest BCUT2D eigenvalue weighted by Gasteiger charge is 2.47. The molecule has 1 aliphatic heterocycles. The van der Waals surface area contributed by atoms with Crippen LogP contribution in [-0.4, -0.2) is 30.5 Å². The molecule has 35 heavy (non-hydrogen) atoms. The lowest BCUT2D eigenvalue weighted by atomic mass is 9.92. The quantitative estimate of drug-likeness (QED) is 0.241. The van der Waals surface area contributed by atoms with E-state index in [1.807, 2.05) is 57.3 Å². The monoisotopic (exact) mass is 491 g/mol. The van der Waals surface area contributed by atoms with Crippen molar-refractivity contribution in [2.24, 2.45) is 0 Å². The number of anilines is 1. The van der Waals surface area contributed by atoms with Gasteiger partial charge in [0.2, 0.25) is 0 Å². The SMILES string of the molecule is CCOc1cccc(N2C(=O)C(=O)/C(=C(/O)c3cc(C(C)C)c(OC)cc3C)C2c2cccs2)c1. The standard InChI is InChI=1S/C28H29NO5S/c1-6-34-19-10-7-9-18(14-19)29-25(23-11-8-12-35-23)24(27(31)28(29)32)26(30)21-15-20(16(2)3)22(33-5)13-17(21)4/h7-16,25,30H,6H2,1-5H3/b26-24+. The lowest BCUT2D eigenvalue weighted by molar-refractivity contribution is -0.132. The Morgan fingerprint density at radius 3 is 2.54 bits per heavy atom. The van der Waals surface area contributed by atoms with Gasteiger partial charge in [-0.2, -0.15) is 0 Å². The van der Waals surface area contributed by atoms with E-state index in [2.05, 4.69) is 0 Å². The molecule has 1 N–H and O–H groups in total. The van der Waals surface area contributed by atoms with E-state index in [1.54, 1.807) is 31.4 Å². The van der Waals surface area contributed by atoms with Crippen molar-refractivity contribution < 1.29 is 24.2 Å². The Bertz CT molecular complexity index is 1290. The van der Waals surface area contributed by atoms with Gasteiger partial charge in [-0.15, -0.1) is 11.3 Å². The molecule has 0 spiro atoms. The zero-order chi connectivity index (χ0) is 25.3. The summed E-state index contributed by atoms with van der Waals surface area (Å²) in [6.07, 6.45) is 0. The van der Waals surface area contributed by atoms with E-state index in [0.29, 0.717) is 23.6 Å². The van der Waals surface area contributed by atoms with Crippen LogP contribution in [0.4, 0.5) is 5.69 Å². The molecule has 1 fully saturated rings. The van der Waals surface area contributed by atoms with Crippen molar-refractivity contribution in [1.82, 2.24) is 0 Å². The van der Waals surface area contributed by atoms with Gasteiger partial charge in [0, 0.05) is 22.2 Å². The summed E-state index contributed by atoms with van der Waals surface area (Å²) < 4.78 is 11.2. The Hall–Kier alpha value is -3.58. The molecule has 0 radical (unpaired) electrons. The first kappa shape index (κ1) is 24.5. The first-order chi connectivity index (χ1) is 16.8. The van der Waals surface area contributed by atoms with E-state index in [-0.39, 0.29) is 17.3 Å². The van der Waals surface area contributed by atoms with Crippen LogP contribution in [0.15, 0.2) is 59.5 Å². The minimum atomic E-state index is -0.754. The zero-order valence-corrected chi connectivity index (χ0v) is 21.3. The highest BCUT2D eigenvalue weighted by molar-refractivity contribution is 7.10. The number of benzene rings is 2. The number of aryl methyl sites for hydroxylation is 1. The van der Waals surface area contributed by atoms with Gasteiger partial charge in [0.25, 0.3) is 11.7 Å². The molecule has 6 nitrogen and oxygen atoms in total. The first-order valence-corrected chi connectivity index (χ1v) is 12.4. The van der Waals surface area contributed by atoms with Crippen molar-refractivity contribution in [2.45, 2.75) is 39.7 Å². The Labute approximate surface area is 209 Å². The number of ether oxygens (including phenoxy) is 2. The number of amides is 1. The molecule has 182 valence electrons. The van der Waals surface area contributed by atoms with Crippen LogP contribution in [0.3, 0.4) is 0 Å². The molecule has 0 bridgehead atoms. The van der Waals surface area contributed by atoms with E-state index in [1.165, 1.54) is 16.2 Å². The maximum absolute atomic E-state index is 13.4. The maximum Gasteiger partial charge on any atom is 0.300 e. The molecule has 1 atom stereocenters. The van der Waals surface area contributed by atoms with Gasteiger partial charge < -0.3 is 14.6 Å². The fraction of sp³-hybridized carbons (Fsp3) is 0.286. The number of aliphatic hydroxyl groups excluding tert-OH is 1. The molecule has 1 amide bonds. The number of thiophene rings is 1. The first-order valence-electron chi connectivity index (χ1n) is 11.5.